The van der Waals surface area contributed by atoms with Crippen LogP contribution < -0.4 is 5.32 Å². The average molecular weight is 172 g/mol. The van der Waals surface area contributed by atoms with Crippen LogP contribution in [0.4, 0.5) is 0 Å². The quantitative estimate of drug-likeness (QED) is 0.631. The van der Waals surface area contributed by atoms with E-state index in [1.54, 1.807) is 0 Å². The summed E-state index contributed by atoms with van der Waals surface area (Å²) >= 11 is 0. The molecule has 1 rings (SSSR count). The minimum atomic E-state index is 0.275. The van der Waals surface area contributed by atoms with E-state index in [9.17, 15) is 0 Å². The Hall–Kier alpha value is -0.120. The van der Waals surface area contributed by atoms with Gasteiger partial charge in [-0.2, -0.15) is 0 Å². The molecule has 2 atom stereocenters. The fourth-order valence-electron chi connectivity index (χ4n) is 1.76. The molecule has 0 bridgehead atoms. The van der Waals surface area contributed by atoms with E-state index in [0.29, 0.717) is 12.1 Å². The monoisotopic (exact) mass is 172 g/mol. The molecule has 2 N–H and O–H groups in total. The zero-order valence-electron chi connectivity index (χ0n) is 8.08. The van der Waals surface area contributed by atoms with E-state index in [-0.39, 0.29) is 6.61 Å². The molecule has 1 aliphatic heterocycles. The molecule has 1 fully saturated rings. The summed E-state index contributed by atoms with van der Waals surface area (Å²) in [5, 5.41) is 12.4. The van der Waals surface area contributed by atoms with E-state index in [2.05, 4.69) is 24.1 Å². The van der Waals surface area contributed by atoms with Gasteiger partial charge in [0.05, 0.1) is 6.61 Å². The zero-order valence-corrected chi connectivity index (χ0v) is 8.08. The third-order valence-corrected chi connectivity index (χ3v) is 2.76. The highest BCUT2D eigenvalue weighted by Crippen LogP contribution is 2.10. The van der Waals surface area contributed by atoms with Gasteiger partial charge in [-0.1, -0.05) is 6.92 Å². The molecule has 1 aliphatic rings. The molecule has 1 heterocycles. The normalized spacial score (nSPS) is 28.8. The molecule has 0 aromatic rings. The Kier molecular flexibility index (Phi) is 3.98. The second-order valence-electron chi connectivity index (χ2n) is 3.54. The van der Waals surface area contributed by atoms with Crippen LogP contribution in [0.2, 0.25) is 0 Å². The van der Waals surface area contributed by atoms with E-state index >= 15 is 0 Å². The predicted molar refractivity (Wildman–Crippen MR) is 50.2 cm³/mol. The van der Waals surface area contributed by atoms with E-state index in [4.69, 9.17) is 5.11 Å². The lowest BCUT2D eigenvalue weighted by Gasteiger charge is -2.39. The summed E-state index contributed by atoms with van der Waals surface area (Å²) in [6.45, 7) is 7.76. The summed E-state index contributed by atoms with van der Waals surface area (Å²) in [5.74, 6) is 0. The smallest absolute Gasteiger partial charge is 0.0599 e. The van der Waals surface area contributed by atoms with Crippen LogP contribution in [0, 0.1) is 0 Å². The summed E-state index contributed by atoms with van der Waals surface area (Å²) in [4.78, 5) is 2.40. The Balaban J connectivity index is 2.46. The molecular formula is C9H20N2O. The maximum absolute atomic E-state index is 9.12. The van der Waals surface area contributed by atoms with E-state index in [1.807, 2.05) is 0 Å². The van der Waals surface area contributed by atoms with Crippen molar-refractivity contribution in [3.05, 3.63) is 0 Å². The first-order valence-electron chi connectivity index (χ1n) is 4.87. The number of nitrogens with one attached hydrogen (secondary N) is 1. The number of piperazine rings is 1. The molecule has 0 saturated carbocycles. The van der Waals surface area contributed by atoms with Crippen LogP contribution in [0.25, 0.3) is 0 Å². The van der Waals surface area contributed by atoms with Crippen molar-refractivity contribution < 1.29 is 5.11 Å². The standard InChI is InChI=1S/C9H20N2O/c1-3-8(2)11-5-4-10-6-9(11)7-12/h8-10,12H,3-7H2,1-2H3. The maximum atomic E-state index is 9.12. The van der Waals surface area contributed by atoms with E-state index in [1.165, 1.54) is 0 Å². The molecule has 0 aliphatic carbocycles. The lowest BCUT2D eigenvalue weighted by atomic mass is 10.1. The van der Waals surface area contributed by atoms with E-state index in [0.717, 1.165) is 26.1 Å². The first-order chi connectivity index (χ1) is 5.79. The first kappa shape index (κ1) is 9.96. The van der Waals surface area contributed by atoms with Crippen LogP contribution in [-0.2, 0) is 0 Å². The summed E-state index contributed by atoms with van der Waals surface area (Å²) < 4.78 is 0. The minimum absolute atomic E-state index is 0.275. The highest BCUT2D eigenvalue weighted by molar-refractivity contribution is 4.82. The molecule has 3 heteroatoms. The second-order valence-corrected chi connectivity index (χ2v) is 3.54. The van der Waals surface area contributed by atoms with E-state index < -0.39 is 0 Å². The molecular weight excluding hydrogens is 152 g/mol. The van der Waals surface area contributed by atoms with Crippen LogP contribution in [0.3, 0.4) is 0 Å². The number of nitrogens with zero attached hydrogens (tertiary/aromatic N) is 1. The van der Waals surface area contributed by atoms with Gasteiger partial charge in [0.1, 0.15) is 0 Å². The van der Waals surface area contributed by atoms with Gasteiger partial charge in [0.25, 0.3) is 0 Å². The number of rotatable bonds is 3. The molecule has 0 radical (unpaired) electrons. The van der Waals surface area contributed by atoms with Gasteiger partial charge >= 0.3 is 0 Å². The van der Waals surface area contributed by atoms with Crippen molar-refractivity contribution >= 4 is 0 Å². The van der Waals surface area contributed by atoms with Crippen LogP contribution in [0.5, 0.6) is 0 Å². The molecule has 0 aromatic heterocycles. The maximum Gasteiger partial charge on any atom is 0.0599 e. The van der Waals surface area contributed by atoms with Gasteiger partial charge in [-0.15, -0.1) is 0 Å². The van der Waals surface area contributed by atoms with Gasteiger partial charge in [0, 0.05) is 31.7 Å². The lowest BCUT2D eigenvalue weighted by Crippen LogP contribution is -2.55. The third-order valence-electron chi connectivity index (χ3n) is 2.76. The third kappa shape index (κ3) is 2.19. The molecule has 72 valence electrons. The number of hydrogen-bond acceptors (Lipinski definition) is 3. The SMILES string of the molecule is CCC(C)N1CCNCC1CO. The van der Waals surface area contributed by atoms with Crippen molar-refractivity contribution in [1.82, 2.24) is 10.2 Å². The van der Waals surface area contributed by atoms with Gasteiger partial charge in [0.15, 0.2) is 0 Å². The molecule has 12 heavy (non-hydrogen) atoms. The van der Waals surface area contributed by atoms with Crippen molar-refractivity contribution in [3.8, 4) is 0 Å². The minimum Gasteiger partial charge on any atom is -0.395 e. The molecule has 3 nitrogen and oxygen atoms in total. The predicted octanol–water partition coefficient (Wildman–Crippen LogP) is 0.0510. The van der Waals surface area contributed by atoms with Crippen LogP contribution >= 0.6 is 0 Å². The van der Waals surface area contributed by atoms with Crippen molar-refractivity contribution in [3.63, 3.8) is 0 Å². The molecule has 0 aromatic carbocycles. The second kappa shape index (κ2) is 4.80. The number of hydrogen-bond donors (Lipinski definition) is 2. The highest BCUT2D eigenvalue weighted by Gasteiger charge is 2.24. The summed E-state index contributed by atoms with van der Waals surface area (Å²) in [6, 6.07) is 0.929. The van der Waals surface area contributed by atoms with Crippen LogP contribution in [0.1, 0.15) is 20.3 Å². The zero-order chi connectivity index (χ0) is 8.97. The van der Waals surface area contributed by atoms with Gasteiger partial charge in [0.2, 0.25) is 0 Å². The lowest BCUT2D eigenvalue weighted by molar-refractivity contribution is 0.0676. The molecule has 0 spiro atoms. The Morgan fingerprint density at radius 1 is 1.67 bits per heavy atom. The van der Waals surface area contributed by atoms with Crippen molar-refractivity contribution in [1.29, 1.82) is 0 Å². The van der Waals surface area contributed by atoms with Crippen molar-refractivity contribution in [2.24, 2.45) is 0 Å². The Bertz CT molecular complexity index is 130. The first-order valence-corrected chi connectivity index (χ1v) is 4.87. The topological polar surface area (TPSA) is 35.5 Å². The van der Waals surface area contributed by atoms with Crippen molar-refractivity contribution in [2.75, 3.05) is 26.2 Å². The van der Waals surface area contributed by atoms with Gasteiger partial charge in [-0.25, -0.2) is 0 Å². The molecule has 0 amide bonds. The Labute approximate surface area is 74.8 Å². The van der Waals surface area contributed by atoms with Gasteiger partial charge in [-0.05, 0) is 13.3 Å². The van der Waals surface area contributed by atoms with Crippen molar-refractivity contribution in [2.45, 2.75) is 32.4 Å². The molecule has 2 unspecified atom stereocenters. The fraction of sp³-hybridized carbons (Fsp3) is 1.00. The highest BCUT2D eigenvalue weighted by atomic mass is 16.3. The fourth-order valence-corrected chi connectivity index (χ4v) is 1.76. The molecule has 1 saturated heterocycles. The number of aliphatic hydroxyl groups is 1. The largest absolute Gasteiger partial charge is 0.395 e. The average Bonchev–Trinajstić information content (AvgIpc) is 2.16. The van der Waals surface area contributed by atoms with Gasteiger partial charge in [-0.3, -0.25) is 4.90 Å². The summed E-state index contributed by atoms with van der Waals surface area (Å²) in [5.41, 5.74) is 0. The number of aliphatic hydroxyl groups excluding tert-OH is 1. The summed E-state index contributed by atoms with van der Waals surface area (Å²) in [7, 11) is 0. The Morgan fingerprint density at radius 3 is 3.00 bits per heavy atom. The van der Waals surface area contributed by atoms with Crippen LogP contribution in [0.15, 0.2) is 0 Å². The van der Waals surface area contributed by atoms with Gasteiger partial charge < -0.3 is 10.4 Å². The van der Waals surface area contributed by atoms with Crippen LogP contribution in [-0.4, -0.2) is 48.3 Å². The Morgan fingerprint density at radius 2 is 2.42 bits per heavy atom. The summed E-state index contributed by atoms with van der Waals surface area (Å²) in [6.07, 6.45) is 1.16.